The first-order chi connectivity index (χ1) is 12.8. The Kier molecular flexibility index (Phi) is 5.71. The van der Waals surface area contributed by atoms with Crippen molar-refractivity contribution in [3.63, 3.8) is 0 Å². The summed E-state index contributed by atoms with van der Waals surface area (Å²) in [4.78, 5) is 25.9. The molecule has 9 heteroatoms. The Bertz CT molecular complexity index is 801. The van der Waals surface area contributed by atoms with Crippen molar-refractivity contribution < 1.29 is 22.7 Å². The van der Waals surface area contributed by atoms with Crippen molar-refractivity contribution in [1.29, 1.82) is 0 Å². The first-order valence-electron chi connectivity index (χ1n) is 9.02. The smallest absolute Gasteiger partial charge is 0.243 e. The fourth-order valence-electron chi connectivity index (χ4n) is 3.17. The van der Waals surface area contributed by atoms with Gasteiger partial charge >= 0.3 is 0 Å². The number of amides is 2. The van der Waals surface area contributed by atoms with Crippen LogP contribution in [0.4, 0.5) is 0 Å². The molecule has 2 fully saturated rings. The second-order valence-electron chi connectivity index (χ2n) is 7.00. The highest BCUT2D eigenvalue weighted by Gasteiger charge is 2.39. The van der Waals surface area contributed by atoms with Crippen LogP contribution in [0, 0.1) is 11.8 Å². The van der Waals surface area contributed by atoms with Gasteiger partial charge in [0, 0.05) is 32.1 Å². The summed E-state index contributed by atoms with van der Waals surface area (Å²) in [5, 5.41) is 2.68. The molecule has 1 aromatic rings. The lowest BCUT2D eigenvalue weighted by Crippen LogP contribution is -2.52. The van der Waals surface area contributed by atoms with Gasteiger partial charge in [0.25, 0.3) is 0 Å². The zero-order valence-corrected chi connectivity index (χ0v) is 16.4. The number of ether oxygens (including phenoxy) is 1. The van der Waals surface area contributed by atoms with Crippen LogP contribution in [0.5, 0.6) is 5.75 Å². The first kappa shape index (κ1) is 19.6. The molecular formula is C18H25N3O5S. The van der Waals surface area contributed by atoms with Crippen molar-refractivity contribution in [2.45, 2.75) is 18.2 Å². The van der Waals surface area contributed by atoms with Crippen LogP contribution in [0.25, 0.3) is 0 Å². The molecular weight excluding hydrogens is 370 g/mol. The molecule has 1 saturated heterocycles. The van der Waals surface area contributed by atoms with E-state index >= 15 is 0 Å². The van der Waals surface area contributed by atoms with Gasteiger partial charge in [0.15, 0.2) is 0 Å². The molecule has 0 spiro atoms. The summed E-state index contributed by atoms with van der Waals surface area (Å²) in [7, 11) is -2.08. The van der Waals surface area contributed by atoms with Gasteiger partial charge in [-0.2, -0.15) is 4.31 Å². The SMILES string of the molecule is COc1ccc(S(=O)(=O)N2CCN(C(=O)CNC(=O)C3CC3C)CC2)cc1. The molecule has 8 nitrogen and oxygen atoms in total. The minimum Gasteiger partial charge on any atom is -0.497 e. The number of nitrogens with one attached hydrogen (secondary N) is 1. The molecule has 0 bridgehead atoms. The molecule has 0 aromatic heterocycles. The molecule has 0 radical (unpaired) electrons. The number of benzene rings is 1. The van der Waals surface area contributed by atoms with E-state index in [0.29, 0.717) is 24.8 Å². The summed E-state index contributed by atoms with van der Waals surface area (Å²) in [6.07, 6.45) is 0.877. The third kappa shape index (κ3) is 4.41. The average Bonchev–Trinajstić information content (AvgIpc) is 3.42. The largest absolute Gasteiger partial charge is 0.497 e. The standard InChI is InChI=1S/C18H25N3O5S/c1-13-11-16(13)18(23)19-12-17(22)20-7-9-21(10-8-20)27(24,25)15-5-3-14(26-2)4-6-15/h3-6,13,16H,7-12H2,1-2H3,(H,19,23). The number of hydrogen-bond acceptors (Lipinski definition) is 5. The Morgan fingerprint density at radius 1 is 1.15 bits per heavy atom. The van der Waals surface area contributed by atoms with Gasteiger partial charge in [0.2, 0.25) is 21.8 Å². The molecule has 1 N–H and O–H groups in total. The molecule has 148 valence electrons. The fraction of sp³-hybridized carbons (Fsp3) is 0.556. The van der Waals surface area contributed by atoms with Crippen LogP contribution in [-0.4, -0.2) is 69.3 Å². The van der Waals surface area contributed by atoms with Crippen molar-refractivity contribution in [1.82, 2.24) is 14.5 Å². The van der Waals surface area contributed by atoms with Crippen LogP contribution < -0.4 is 10.1 Å². The van der Waals surface area contributed by atoms with Gasteiger partial charge in [-0.25, -0.2) is 8.42 Å². The van der Waals surface area contributed by atoms with E-state index in [9.17, 15) is 18.0 Å². The molecule has 1 aliphatic heterocycles. The maximum Gasteiger partial charge on any atom is 0.243 e. The Hall–Kier alpha value is -2.13. The molecule has 1 heterocycles. The van der Waals surface area contributed by atoms with Crippen molar-refractivity contribution in [3.8, 4) is 5.75 Å². The van der Waals surface area contributed by atoms with Crippen molar-refractivity contribution in [3.05, 3.63) is 24.3 Å². The van der Waals surface area contributed by atoms with Gasteiger partial charge in [-0.1, -0.05) is 6.92 Å². The number of hydrogen-bond donors (Lipinski definition) is 1. The lowest BCUT2D eigenvalue weighted by molar-refractivity contribution is -0.134. The summed E-state index contributed by atoms with van der Waals surface area (Å²) in [5.74, 6) is 0.762. The molecule has 3 rings (SSSR count). The number of piperazine rings is 1. The number of sulfonamides is 1. The fourth-order valence-corrected chi connectivity index (χ4v) is 4.59. The highest BCUT2D eigenvalue weighted by atomic mass is 32.2. The molecule has 2 aliphatic rings. The van der Waals surface area contributed by atoms with E-state index in [-0.39, 0.29) is 42.3 Å². The van der Waals surface area contributed by atoms with Crippen molar-refractivity contribution >= 4 is 21.8 Å². The number of rotatable bonds is 6. The van der Waals surface area contributed by atoms with Crippen LogP contribution in [0.1, 0.15) is 13.3 Å². The second-order valence-corrected chi connectivity index (χ2v) is 8.94. The number of methoxy groups -OCH3 is 1. The molecule has 1 saturated carbocycles. The van der Waals surface area contributed by atoms with Crippen LogP contribution in [0.15, 0.2) is 29.2 Å². The third-order valence-corrected chi connectivity index (χ3v) is 7.06. The Morgan fingerprint density at radius 2 is 1.74 bits per heavy atom. The average molecular weight is 395 g/mol. The second kappa shape index (κ2) is 7.85. The van der Waals surface area contributed by atoms with Gasteiger partial charge in [0.05, 0.1) is 18.6 Å². The Labute approximate surface area is 159 Å². The normalized spacial score (nSPS) is 23.0. The van der Waals surface area contributed by atoms with E-state index in [1.807, 2.05) is 6.92 Å². The van der Waals surface area contributed by atoms with E-state index in [4.69, 9.17) is 4.74 Å². The molecule has 27 heavy (non-hydrogen) atoms. The Morgan fingerprint density at radius 3 is 2.26 bits per heavy atom. The summed E-state index contributed by atoms with van der Waals surface area (Å²) in [5.41, 5.74) is 0. The van der Waals surface area contributed by atoms with Gasteiger partial charge in [-0.15, -0.1) is 0 Å². The minimum absolute atomic E-state index is 0.0317. The third-order valence-electron chi connectivity index (χ3n) is 5.15. The summed E-state index contributed by atoms with van der Waals surface area (Å²) in [6, 6.07) is 6.24. The minimum atomic E-state index is -3.60. The monoisotopic (exact) mass is 395 g/mol. The van der Waals surface area contributed by atoms with E-state index in [2.05, 4.69) is 5.32 Å². The highest BCUT2D eigenvalue weighted by Crippen LogP contribution is 2.37. The van der Waals surface area contributed by atoms with Crippen LogP contribution in [0.3, 0.4) is 0 Å². The predicted molar refractivity (Wildman–Crippen MR) is 98.6 cm³/mol. The molecule has 2 amide bonds. The molecule has 1 aliphatic carbocycles. The molecule has 2 unspecified atom stereocenters. The maximum absolute atomic E-state index is 12.7. The summed E-state index contributed by atoms with van der Waals surface area (Å²) < 4.78 is 31.9. The van der Waals surface area contributed by atoms with E-state index in [1.165, 1.54) is 23.5 Å². The van der Waals surface area contributed by atoms with Crippen molar-refractivity contribution in [2.24, 2.45) is 11.8 Å². The molecule has 2 atom stereocenters. The number of carbonyl (C=O) groups excluding carboxylic acids is 2. The van der Waals surface area contributed by atoms with Crippen LogP contribution in [-0.2, 0) is 19.6 Å². The zero-order chi connectivity index (χ0) is 19.6. The van der Waals surface area contributed by atoms with Crippen molar-refractivity contribution in [2.75, 3.05) is 39.8 Å². The van der Waals surface area contributed by atoms with Crippen LogP contribution >= 0.6 is 0 Å². The van der Waals surface area contributed by atoms with Gasteiger partial charge in [0.1, 0.15) is 5.75 Å². The van der Waals surface area contributed by atoms with Crippen LogP contribution in [0.2, 0.25) is 0 Å². The lowest BCUT2D eigenvalue weighted by Gasteiger charge is -2.34. The summed E-state index contributed by atoms with van der Waals surface area (Å²) >= 11 is 0. The van der Waals surface area contributed by atoms with E-state index in [1.54, 1.807) is 17.0 Å². The number of nitrogens with zero attached hydrogens (tertiary/aromatic N) is 2. The zero-order valence-electron chi connectivity index (χ0n) is 15.6. The van der Waals surface area contributed by atoms with Gasteiger partial charge < -0.3 is 15.0 Å². The first-order valence-corrected chi connectivity index (χ1v) is 10.5. The summed E-state index contributed by atoms with van der Waals surface area (Å²) in [6.45, 7) is 3.05. The molecule has 1 aromatic carbocycles. The highest BCUT2D eigenvalue weighted by molar-refractivity contribution is 7.89. The number of carbonyl (C=O) groups is 2. The van der Waals surface area contributed by atoms with Gasteiger partial charge in [-0.05, 0) is 36.6 Å². The Balaban J connectivity index is 1.51. The van der Waals surface area contributed by atoms with Gasteiger partial charge in [-0.3, -0.25) is 9.59 Å². The topological polar surface area (TPSA) is 96.0 Å². The van der Waals surface area contributed by atoms with E-state index in [0.717, 1.165) is 6.42 Å². The lowest BCUT2D eigenvalue weighted by atomic mass is 10.3. The predicted octanol–water partition coefficient (Wildman–Crippen LogP) is 0.300. The van der Waals surface area contributed by atoms with E-state index < -0.39 is 10.0 Å². The maximum atomic E-state index is 12.7. The quantitative estimate of drug-likeness (QED) is 0.747.